The van der Waals surface area contributed by atoms with Crippen LogP contribution in [0.5, 0.6) is 0 Å². The lowest BCUT2D eigenvalue weighted by Crippen LogP contribution is -2.29. The predicted octanol–water partition coefficient (Wildman–Crippen LogP) is 3.22. The fourth-order valence-electron chi connectivity index (χ4n) is 2.96. The smallest absolute Gasteiger partial charge is 0.298 e. The number of hydrogen-bond acceptors (Lipinski definition) is 5. The van der Waals surface area contributed by atoms with E-state index in [4.69, 9.17) is 23.2 Å². The van der Waals surface area contributed by atoms with Gasteiger partial charge >= 0.3 is 5.69 Å². The molecule has 0 radical (unpaired) electrons. The van der Waals surface area contributed by atoms with Crippen molar-refractivity contribution in [1.29, 1.82) is 0 Å². The number of hydrazone groups is 1. The van der Waals surface area contributed by atoms with E-state index in [1.54, 1.807) is 42.1 Å². The Hall–Kier alpha value is -3.36. The van der Waals surface area contributed by atoms with E-state index in [-0.39, 0.29) is 11.2 Å². The Labute approximate surface area is 180 Å². The number of aromatic amines is 1. The molecule has 0 fully saturated rings. The third-order valence-electron chi connectivity index (χ3n) is 4.51. The molecule has 152 valence electrons. The van der Waals surface area contributed by atoms with Crippen molar-refractivity contribution in [2.45, 2.75) is 6.54 Å². The molecule has 4 rings (SSSR count). The summed E-state index contributed by atoms with van der Waals surface area (Å²) >= 11 is 11.9. The van der Waals surface area contributed by atoms with E-state index < -0.39 is 11.2 Å². The van der Waals surface area contributed by atoms with Gasteiger partial charge in [-0.05, 0) is 35.4 Å². The monoisotopic (exact) mass is 442 g/mol. The normalized spacial score (nSPS) is 11.4. The second kappa shape index (κ2) is 8.17. The van der Waals surface area contributed by atoms with Gasteiger partial charge in [0, 0.05) is 17.1 Å². The van der Waals surface area contributed by atoms with Crippen molar-refractivity contribution in [3.63, 3.8) is 0 Å². The average Bonchev–Trinajstić information content (AvgIpc) is 3.08. The molecular formula is C20H16Cl2N6O2. The molecule has 0 aliphatic heterocycles. The molecule has 10 heteroatoms. The summed E-state index contributed by atoms with van der Waals surface area (Å²) in [4.78, 5) is 31.2. The Morgan fingerprint density at radius 3 is 2.37 bits per heavy atom. The van der Waals surface area contributed by atoms with E-state index in [0.29, 0.717) is 22.5 Å². The number of nitrogens with one attached hydrogen (secondary N) is 2. The van der Waals surface area contributed by atoms with Gasteiger partial charge < -0.3 is 0 Å². The van der Waals surface area contributed by atoms with E-state index in [9.17, 15) is 9.59 Å². The van der Waals surface area contributed by atoms with Gasteiger partial charge in [0.25, 0.3) is 5.56 Å². The average molecular weight is 443 g/mol. The van der Waals surface area contributed by atoms with Crippen molar-refractivity contribution in [2.24, 2.45) is 12.1 Å². The fourth-order valence-corrected chi connectivity index (χ4v) is 3.21. The Kier molecular flexibility index (Phi) is 5.43. The second-order valence-electron chi connectivity index (χ2n) is 6.56. The van der Waals surface area contributed by atoms with Crippen molar-refractivity contribution in [1.82, 2.24) is 19.1 Å². The Morgan fingerprint density at radius 1 is 1.07 bits per heavy atom. The van der Waals surface area contributed by atoms with Gasteiger partial charge in [0.1, 0.15) is 0 Å². The molecule has 0 aliphatic carbocycles. The summed E-state index contributed by atoms with van der Waals surface area (Å²) in [5.41, 5.74) is 4.04. The van der Waals surface area contributed by atoms with Crippen molar-refractivity contribution < 1.29 is 0 Å². The summed E-state index contributed by atoms with van der Waals surface area (Å²) in [6, 6.07) is 14.4. The van der Waals surface area contributed by atoms with Gasteiger partial charge in [-0.1, -0.05) is 47.5 Å². The van der Waals surface area contributed by atoms with Crippen molar-refractivity contribution in [3.8, 4) is 0 Å². The van der Waals surface area contributed by atoms with Crippen LogP contribution < -0.4 is 16.7 Å². The molecule has 0 unspecified atom stereocenters. The molecule has 8 nitrogen and oxygen atoms in total. The summed E-state index contributed by atoms with van der Waals surface area (Å²) in [5.74, 6) is 0.317. The molecular weight excluding hydrogens is 427 g/mol. The first-order chi connectivity index (χ1) is 14.4. The third kappa shape index (κ3) is 4.00. The van der Waals surface area contributed by atoms with Gasteiger partial charge in [-0.15, -0.1) is 0 Å². The minimum absolute atomic E-state index is 0.252. The molecule has 0 amide bonds. The molecule has 2 aromatic heterocycles. The molecule has 0 bridgehead atoms. The number of imidazole rings is 1. The van der Waals surface area contributed by atoms with Crippen LogP contribution in [-0.2, 0) is 13.6 Å². The van der Waals surface area contributed by atoms with Crippen LogP contribution in [0.4, 0.5) is 5.95 Å². The number of anilines is 1. The summed E-state index contributed by atoms with van der Waals surface area (Å²) in [7, 11) is 1.54. The van der Waals surface area contributed by atoms with Crippen molar-refractivity contribution in [3.05, 3.63) is 90.5 Å². The van der Waals surface area contributed by atoms with Crippen LogP contribution in [0, 0.1) is 0 Å². The highest BCUT2D eigenvalue weighted by Crippen LogP contribution is 2.19. The zero-order chi connectivity index (χ0) is 21.3. The first-order valence-corrected chi connectivity index (χ1v) is 9.66. The number of aromatic nitrogens is 4. The summed E-state index contributed by atoms with van der Waals surface area (Å²) in [6.45, 7) is 0.327. The van der Waals surface area contributed by atoms with E-state index >= 15 is 0 Å². The van der Waals surface area contributed by atoms with Crippen LogP contribution >= 0.6 is 23.2 Å². The maximum atomic E-state index is 12.5. The predicted molar refractivity (Wildman–Crippen MR) is 119 cm³/mol. The number of H-pyrrole nitrogens is 1. The minimum Gasteiger partial charge on any atom is -0.298 e. The maximum absolute atomic E-state index is 12.5. The molecule has 2 N–H and O–H groups in total. The SMILES string of the molecule is Cn1c(=O)[nH]c(=O)c2c1nc(N/N=C/c1ccc(Cl)cc1)n2Cc1ccc(Cl)cc1. The minimum atomic E-state index is -0.542. The highest BCUT2D eigenvalue weighted by Gasteiger charge is 2.17. The first-order valence-electron chi connectivity index (χ1n) is 8.91. The number of benzene rings is 2. The third-order valence-corrected chi connectivity index (χ3v) is 5.01. The summed E-state index contributed by atoms with van der Waals surface area (Å²) < 4.78 is 2.94. The molecule has 0 aliphatic rings. The quantitative estimate of drug-likeness (QED) is 0.366. The highest BCUT2D eigenvalue weighted by atomic mass is 35.5. The molecule has 2 heterocycles. The molecule has 0 spiro atoms. The number of halogens is 2. The molecule has 4 aromatic rings. The number of hydrogen-bond donors (Lipinski definition) is 2. The van der Waals surface area contributed by atoms with Gasteiger partial charge in [-0.2, -0.15) is 10.1 Å². The van der Waals surface area contributed by atoms with Gasteiger partial charge in [0.2, 0.25) is 5.95 Å². The zero-order valence-electron chi connectivity index (χ0n) is 15.8. The van der Waals surface area contributed by atoms with Crippen LogP contribution in [0.1, 0.15) is 11.1 Å². The number of aryl methyl sites for hydroxylation is 1. The Bertz CT molecular complexity index is 1350. The molecule has 2 aromatic carbocycles. The van der Waals surface area contributed by atoms with Gasteiger partial charge in [0.15, 0.2) is 11.2 Å². The van der Waals surface area contributed by atoms with Crippen LogP contribution in [0.2, 0.25) is 10.0 Å². The Morgan fingerprint density at radius 2 is 1.70 bits per heavy atom. The van der Waals surface area contributed by atoms with E-state index in [1.807, 2.05) is 24.3 Å². The molecule has 0 saturated heterocycles. The number of rotatable bonds is 5. The summed E-state index contributed by atoms with van der Waals surface area (Å²) in [6.07, 6.45) is 1.60. The standard InChI is InChI=1S/C20H16Cl2N6O2/c1-27-17-16(18(29)25-20(27)30)28(11-13-4-8-15(22)9-5-13)19(24-17)26-23-10-12-2-6-14(21)7-3-12/h2-10H,11H2,1H3,(H,24,26)(H,25,29,30)/b23-10+. The lowest BCUT2D eigenvalue weighted by Gasteiger charge is -2.08. The molecule has 0 saturated carbocycles. The van der Waals surface area contributed by atoms with Crippen molar-refractivity contribution in [2.75, 3.05) is 5.43 Å². The number of fused-ring (bicyclic) bond motifs is 1. The van der Waals surface area contributed by atoms with Crippen LogP contribution in [0.25, 0.3) is 11.2 Å². The molecule has 30 heavy (non-hydrogen) atoms. The fraction of sp³-hybridized carbons (Fsp3) is 0.100. The van der Waals surface area contributed by atoms with Gasteiger partial charge in [-0.25, -0.2) is 10.2 Å². The largest absolute Gasteiger partial charge is 0.329 e. The first kappa shape index (κ1) is 19.9. The molecule has 0 atom stereocenters. The van der Waals surface area contributed by atoms with Gasteiger partial charge in [0.05, 0.1) is 12.8 Å². The lowest BCUT2D eigenvalue weighted by molar-refractivity contribution is 0.808. The lowest BCUT2D eigenvalue weighted by atomic mass is 10.2. The number of nitrogens with zero attached hydrogens (tertiary/aromatic N) is 4. The highest BCUT2D eigenvalue weighted by molar-refractivity contribution is 6.30. The van der Waals surface area contributed by atoms with E-state index in [1.165, 1.54) is 4.57 Å². The van der Waals surface area contributed by atoms with E-state index in [0.717, 1.165) is 11.1 Å². The van der Waals surface area contributed by atoms with Crippen LogP contribution in [0.3, 0.4) is 0 Å². The zero-order valence-corrected chi connectivity index (χ0v) is 17.3. The van der Waals surface area contributed by atoms with E-state index in [2.05, 4.69) is 20.5 Å². The van der Waals surface area contributed by atoms with Gasteiger partial charge in [-0.3, -0.25) is 18.9 Å². The Balaban J connectivity index is 1.77. The maximum Gasteiger partial charge on any atom is 0.329 e. The second-order valence-corrected chi connectivity index (χ2v) is 7.43. The summed E-state index contributed by atoms with van der Waals surface area (Å²) in [5, 5.41) is 5.45. The topological polar surface area (TPSA) is 97.1 Å². The van der Waals surface area contributed by atoms with Crippen molar-refractivity contribution >= 4 is 46.5 Å². The van der Waals surface area contributed by atoms with Crippen LogP contribution in [0.15, 0.2) is 63.2 Å². The van der Waals surface area contributed by atoms with Crippen LogP contribution in [-0.4, -0.2) is 25.3 Å².